The Kier molecular flexibility index (Phi) is 8.08. The number of carbonyl (C=O) groups is 2. The molecule has 9 heteroatoms. The van der Waals surface area contributed by atoms with E-state index >= 15 is 0 Å². The van der Waals surface area contributed by atoms with Crippen LogP contribution in [0, 0.1) is 11.7 Å². The third-order valence-electron chi connectivity index (χ3n) is 4.41. The van der Waals surface area contributed by atoms with Crippen molar-refractivity contribution in [2.24, 2.45) is 5.92 Å². The lowest BCUT2D eigenvalue weighted by molar-refractivity contribution is -0.145. The van der Waals surface area contributed by atoms with E-state index in [2.05, 4.69) is 4.72 Å². The summed E-state index contributed by atoms with van der Waals surface area (Å²) >= 11 is 0. The summed E-state index contributed by atoms with van der Waals surface area (Å²) < 4.78 is 46.1. The number of ether oxygens (including phenoxy) is 1. The molecule has 2 aromatic carbocycles. The summed E-state index contributed by atoms with van der Waals surface area (Å²) in [6.45, 7) is 3.46. The van der Waals surface area contributed by atoms with Gasteiger partial charge in [-0.2, -0.15) is 0 Å². The summed E-state index contributed by atoms with van der Waals surface area (Å²) in [5.74, 6) is -2.73. The molecule has 0 spiro atoms. The topological polar surface area (TPSA) is 92.8 Å². The average molecular weight is 437 g/mol. The first-order valence-corrected chi connectivity index (χ1v) is 10.9. The lowest BCUT2D eigenvalue weighted by Crippen LogP contribution is -2.37. The van der Waals surface area contributed by atoms with Crippen LogP contribution in [0.25, 0.3) is 0 Å². The second kappa shape index (κ2) is 10.3. The van der Waals surface area contributed by atoms with E-state index in [0.29, 0.717) is 0 Å². The van der Waals surface area contributed by atoms with Crippen molar-refractivity contribution in [2.75, 3.05) is 20.2 Å². The average Bonchev–Trinajstić information content (AvgIpc) is 2.73. The number of nitrogens with zero attached hydrogens (tertiary/aromatic N) is 1. The van der Waals surface area contributed by atoms with Crippen LogP contribution in [0.2, 0.25) is 0 Å². The molecule has 0 radical (unpaired) electrons. The summed E-state index contributed by atoms with van der Waals surface area (Å²) in [6, 6.07) is 12.1. The van der Waals surface area contributed by atoms with Crippen LogP contribution in [0.5, 0.6) is 0 Å². The number of nitrogens with one attached hydrogen (secondary N) is 1. The van der Waals surface area contributed by atoms with Crippen LogP contribution < -0.4 is 4.72 Å². The van der Waals surface area contributed by atoms with Gasteiger partial charge >= 0.3 is 5.97 Å². The van der Waals surface area contributed by atoms with Crippen molar-refractivity contribution in [1.82, 2.24) is 9.62 Å². The molecular weight excluding hydrogens is 411 g/mol. The van der Waals surface area contributed by atoms with E-state index in [9.17, 15) is 22.4 Å². The van der Waals surface area contributed by atoms with Crippen LogP contribution in [0.3, 0.4) is 0 Å². The number of amides is 1. The number of hydrogen-bond acceptors (Lipinski definition) is 5. The molecule has 7 nitrogen and oxygen atoms in total. The second-order valence-corrected chi connectivity index (χ2v) is 8.51. The summed E-state index contributed by atoms with van der Waals surface area (Å²) in [6.07, 6.45) is 0. The number of esters is 1. The third-order valence-corrected chi connectivity index (χ3v) is 5.96. The summed E-state index contributed by atoms with van der Waals surface area (Å²) in [7, 11) is -2.62. The number of methoxy groups -OCH3 is 1. The molecule has 1 atom stereocenters. The van der Waals surface area contributed by atoms with Gasteiger partial charge in [-0.3, -0.25) is 9.59 Å². The predicted octanol–water partition coefficient (Wildman–Crippen LogP) is 2.58. The molecule has 0 saturated carbocycles. The number of halogens is 1. The van der Waals surface area contributed by atoms with E-state index in [1.807, 2.05) is 6.07 Å². The minimum atomic E-state index is -3.87. The van der Waals surface area contributed by atoms with Gasteiger partial charge in [0.05, 0.1) is 23.5 Å². The van der Waals surface area contributed by atoms with Crippen molar-refractivity contribution >= 4 is 21.9 Å². The zero-order chi connectivity index (χ0) is 22.3. The first kappa shape index (κ1) is 23.5. The Morgan fingerprint density at radius 2 is 1.83 bits per heavy atom. The van der Waals surface area contributed by atoms with Crippen LogP contribution in [0.15, 0.2) is 53.4 Å². The lowest BCUT2D eigenvalue weighted by atomic mass is 10.1. The van der Waals surface area contributed by atoms with Gasteiger partial charge in [0.2, 0.25) is 10.0 Å². The highest BCUT2D eigenvalue weighted by atomic mass is 32.2. The Morgan fingerprint density at radius 3 is 2.43 bits per heavy atom. The van der Waals surface area contributed by atoms with Crippen LogP contribution in [0.4, 0.5) is 4.39 Å². The van der Waals surface area contributed by atoms with Crippen molar-refractivity contribution in [3.8, 4) is 0 Å². The van der Waals surface area contributed by atoms with Gasteiger partial charge in [0, 0.05) is 19.6 Å². The third kappa shape index (κ3) is 5.87. The van der Waals surface area contributed by atoms with Gasteiger partial charge in [-0.05, 0) is 23.8 Å². The maximum Gasteiger partial charge on any atom is 0.310 e. The standard InChI is InChI=1S/C21H25FN2O5S/c1-4-23-30(27,28)17-10-11-19(22)18(12-17)20(25)24(13-15(2)21(26)29-3)14-16-8-6-5-7-9-16/h5-12,15,23H,4,13-14H2,1-3H3. The van der Waals surface area contributed by atoms with E-state index in [-0.39, 0.29) is 30.1 Å². The van der Waals surface area contributed by atoms with Crippen molar-refractivity contribution in [1.29, 1.82) is 0 Å². The molecule has 1 amide bonds. The Hall–Kier alpha value is -2.78. The maximum atomic E-state index is 14.5. The molecule has 0 bridgehead atoms. The number of hydrogen-bond donors (Lipinski definition) is 1. The normalized spacial score (nSPS) is 12.3. The molecule has 0 fully saturated rings. The SMILES string of the molecule is CCNS(=O)(=O)c1ccc(F)c(C(=O)N(Cc2ccccc2)CC(C)C(=O)OC)c1. The van der Waals surface area contributed by atoms with Gasteiger partial charge in [-0.25, -0.2) is 17.5 Å². The fourth-order valence-electron chi connectivity index (χ4n) is 2.91. The predicted molar refractivity (Wildman–Crippen MR) is 110 cm³/mol. The molecular formula is C21H25FN2O5S. The molecule has 0 saturated heterocycles. The Bertz CT molecular complexity index is 996. The van der Waals surface area contributed by atoms with E-state index in [4.69, 9.17) is 4.74 Å². The van der Waals surface area contributed by atoms with Crippen LogP contribution in [0.1, 0.15) is 29.8 Å². The van der Waals surface area contributed by atoms with E-state index in [1.54, 1.807) is 38.1 Å². The fourth-order valence-corrected chi connectivity index (χ4v) is 3.98. The monoisotopic (exact) mass is 436 g/mol. The quantitative estimate of drug-likeness (QED) is 0.610. The van der Waals surface area contributed by atoms with E-state index in [0.717, 1.165) is 23.8 Å². The highest BCUT2D eigenvalue weighted by Gasteiger charge is 2.26. The van der Waals surface area contributed by atoms with Crippen LogP contribution in [-0.4, -0.2) is 45.4 Å². The van der Waals surface area contributed by atoms with E-state index in [1.165, 1.54) is 12.0 Å². The molecule has 0 aromatic heterocycles. The first-order chi connectivity index (χ1) is 14.2. The Labute approximate surface area is 175 Å². The zero-order valence-corrected chi connectivity index (χ0v) is 17.9. The Morgan fingerprint density at radius 1 is 1.17 bits per heavy atom. The molecule has 0 heterocycles. The number of benzene rings is 2. The molecule has 1 N–H and O–H groups in total. The first-order valence-electron chi connectivity index (χ1n) is 9.39. The van der Waals surface area contributed by atoms with Gasteiger partial charge in [-0.15, -0.1) is 0 Å². The van der Waals surface area contributed by atoms with Gasteiger partial charge in [0.25, 0.3) is 5.91 Å². The number of carbonyl (C=O) groups excluding carboxylic acids is 2. The molecule has 2 aromatic rings. The molecule has 0 aliphatic rings. The van der Waals surface area contributed by atoms with E-state index < -0.39 is 33.6 Å². The molecule has 30 heavy (non-hydrogen) atoms. The van der Waals surface area contributed by atoms with Gasteiger partial charge < -0.3 is 9.64 Å². The largest absolute Gasteiger partial charge is 0.469 e. The van der Waals surface area contributed by atoms with Crippen molar-refractivity contribution in [2.45, 2.75) is 25.3 Å². The summed E-state index contributed by atoms with van der Waals surface area (Å²) in [4.78, 5) is 26.1. The maximum absolute atomic E-state index is 14.5. The van der Waals surface area contributed by atoms with Gasteiger partial charge in [-0.1, -0.05) is 44.2 Å². The van der Waals surface area contributed by atoms with Gasteiger partial charge in [0.15, 0.2) is 0 Å². The summed E-state index contributed by atoms with van der Waals surface area (Å²) in [5, 5.41) is 0. The minimum Gasteiger partial charge on any atom is -0.469 e. The van der Waals surface area contributed by atoms with Crippen LogP contribution >= 0.6 is 0 Å². The Balaban J connectivity index is 2.42. The zero-order valence-electron chi connectivity index (χ0n) is 17.1. The smallest absolute Gasteiger partial charge is 0.310 e. The highest BCUT2D eigenvalue weighted by Crippen LogP contribution is 2.19. The fraction of sp³-hybridized carbons (Fsp3) is 0.333. The minimum absolute atomic E-state index is 0.0238. The van der Waals surface area contributed by atoms with Gasteiger partial charge in [0.1, 0.15) is 5.82 Å². The molecule has 162 valence electrons. The highest BCUT2D eigenvalue weighted by molar-refractivity contribution is 7.89. The second-order valence-electron chi connectivity index (χ2n) is 6.74. The van der Waals surface area contributed by atoms with Crippen molar-refractivity contribution in [3.63, 3.8) is 0 Å². The molecule has 2 rings (SSSR count). The number of sulfonamides is 1. The lowest BCUT2D eigenvalue weighted by Gasteiger charge is -2.25. The molecule has 0 aliphatic heterocycles. The van der Waals surface area contributed by atoms with Crippen molar-refractivity contribution in [3.05, 3.63) is 65.5 Å². The number of rotatable bonds is 9. The molecule has 1 unspecified atom stereocenters. The molecule has 0 aliphatic carbocycles. The summed E-state index contributed by atoms with van der Waals surface area (Å²) in [5.41, 5.74) is 0.390. The van der Waals surface area contributed by atoms with Crippen LogP contribution in [-0.2, 0) is 26.1 Å². The van der Waals surface area contributed by atoms with Crippen molar-refractivity contribution < 1.29 is 27.1 Å².